The van der Waals surface area contributed by atoms with E-state index in [1.165, 1.54) is 21.9 Å². The molecule has 3 rings (SSSR count). The Labute approximate surface area is 146 Å². The molecule has 0 aliphatic carbocycles. The predicted octanol–water partition coefficient (Wildman–Crippen LogP) is 6.93. The second-order valence-electron chi connectivity index (χ2n) is 5.01. The van der Waals surface area contributed by atoms with Crippen molar-refractivity contribution in [3.8, 4) is 0 Å². The zero-order valence-electron chi connectivity index (χ0n) is 11.2. The van der Waals surface area contributed by atoms with Gasteiger partial charge in [0, 0.05) is 14.3 Å². The lowest BCUT2D eigenvalue weighted by molar-refractivity contribution is 0.956. The lowest BCUT2D eigenvalue weighted by Gasteiger charge is -2.13. The molecule has 0 saturated heterocycles. The number of fused-ring (bicyclic) bond motifs is 1. The highest BCUT2D eigenvalue weighted by Gasteiger charge is 2.12. The van der Waals surface area contributed by atoms with Crippen LogP contribution in [0.5, 0.6) is 0 Å². The molecule has 0 aromatic heterocycles. The average molecular weight is 425 g/mol. The normalized spacial score (nSPS) is 12.5. The van der Waals surface area contributed by atoms with E-state index in [1.54, 1.807) is 0 Å². The Hall–Kier alpha value is -0.830. The predicted molar refractivity (Wildman–Crippen MR) is 98.5 cm³/mol. The molecular weight excluding hydrogens is 411 g/mol. The van der Waals surface area contributed by atoms with Crippen molar-refractivity contribution in [1.29, 1.82) is 0 Å². The fraction of sp³-hybridized carbons (Fsp3) is 0.111. The monoisotopic (exact) mass is 422 g/mol. The maximum absolute atomic E-state index is 6.14. The second-order valence-corrected chi connectivity index (χ2v) is 7.47. The standard InChI is InChI=1S/C18H13Br2Cl/c19-15-8-14(9-16(21)11-15)18(20)10-13-6-3-5-12-4-1-2-7-17(12)13/h1-9,11,18H,10H2. The number of benzene rings is 3. The third kappa shape index (κ3) is 3.50. The Kier molecular flexibility index (Phi) is 4.68. The van der Waals surface area contributed by atoms with Crippen LogP contribution in [0.15, 0.2) is 65.1 Å². The summed E-state index contributed by atoms with van der Waals surface area (Å²) in [5, 5.41) is 3.34. The van der Waals surface area contributed by atoms with E-state index in [0.717, 1.165) is 15.9 Å². The lowest BCUT2D eigenvalue weighted by Crippen LogP contribution is -1.96. The third-order valence-electron chi connectivity index (χ3n) is 3.53. The highest BCUT2D eigenvalue weighted by Crippen LogP contribution is 2.33. The van der Waals surface area contributed by atoms with Crippen LogP contribution in [0.2, 0.25) is 5.02 Å². The van der Waals surface area contributed by atoms with Gasteiger partial charge in [-0.1, -0.05) is 85.9 Å². The minimum Gasteiger partial charge on any atom is -0.0843 e. The summed E-state index contributed by atoms with van der Waals surface area (Å²) in [5.74, 6) is 0. The molecule has 0 bridgehead atoms. The zero-order valence-corrected chi connectivity index (χ0v) is 15.1. The summed E-state index contributed by atoms with van der Waals surface area (Å²) in [6.07, 6.45) is 0.925. The van der Waals surface area contributed by atoms with Crippen molar-refractivity contribution in [3.05, 3.63) is 81.3 Å². The van der Waals surface area contributed by atoms with Gasteiger partial charge in [-0.15, -0.1) is 0 Å². The summed E-state index contributed by atoms with van der Waals surface area (Å²) in [4.78, 5) is 0.235. The van der Waals surface area contributed by atoms with Crippen molar-refractivity contribution >= 4 is 54.2 Å². The number of hydrogen-bond donors (Lipinski definition) is 0. The van der Waals surface area contributed by atoms with Gasteiger partial charge in [-0.05, 0) is 46.5 Å². The second kappa shape index (κ2) is 6.51. The molecule has 3 aromatic carbocycles. The van der Waals surface area contributed by atoms with Crippen LogP contribution in [0.3, 0.4) is 0 Å². The van der Waals surface area contributed by atoms with Gasteiger partial charge in [-0.25, -0.2) is 0 Å². The van der Waals surface area contributed by atoms with Crippen LogP contribution in [0.4, 0.5) is 0 Å². The minimum absolute atomic E-state index is 0.235. The van der Waals surface area contributed by atoms with Gasteiger partial charge in [0.05, 0.1) is 0 Å². The molecule has 0 radical (unpaired) electrons. The molecule has 0 aliphatic heterocycles. The van der Waals surface area contributed by atoms with Crippen LogP contribution >= 0.6 is 43.5 Å². The van der Waals surface area contributed by atoms with E-state index in [1.807, 2.05) is 12.1 Å². The van der Waals surface area contributed by atoms with Gasteiger partial charge in [0.15, 0.2) is 0 Å². The van der Waals surface area contributed by atoms with Crippen molar-refractivity contribution in [2.45, 2.75) is 11.2 Å². The smallest absolute Gasteiger partial charge is 0.0436 e. The molecular formula is C18H13Br2Cl. The van der Waals surface area contributed by atoms with Crippen LogP contribution in [-0.4, -0.2) is 0 Å². The van der Waals surface area contributed by atoms with Gasteiger partial charge in [-0.2, -0.15) is 0 Å². The lowest BCUT2D eigenvalue weighted by atomic mass is 9.98. The van der Waals surface area contributed by atoms with Crippen LogP contribution in [0, 0.1) is 0 Å². The van der Waals surface area contributed by atoms with Gasteiger partial charge in [0.1, 0.15) is 0 Å². The van der Waals surface area contributed by atoms with Crippen molar-refractivity contribution in [1.82, 2.24) is 0 Å². The summed E-state index contributed by atoms with van der Waals surface area (Å²) in [7, 11) is 0. The van der Waals surface area contributed by atoms with E-state index in [4.69, 9.17) is 11.6 Å². The summed E-state index contributed by atoms with van der Waals surface area (Å²) < 4.78 is 1.01. The van der Waals surface area contributed by atoms with Crippen molar-refractivity contribution in [3.63, 3.8) is 0 Å². The van der Waals surface area contributed by atoms with E-state index in [0.29, 0.717) is 0 Å². The topological polar surface area (TPSA) is 0 Å². The van der Waals surface area contributed by atoms with Crippen LogP contribution < -0.4 is 0 Å². The van der Waals surface area contributed by atoms with Gasteiger partial charge in [0.2, 0.25) is 0 Å². The number of hydrogen-bond acceptors (Lipinski definition) is 0. The van der Waals surface area contributed by atoms with Crippen LogP contribution in [0.1, 0.15) is 16.0 Å². The third-order valence-corrected chi connectivity index (χ3v) is 5.05. The molecule has 1 atom stereocenters. The van der Waals surface area contributed by atoms with Crippen molar-refractivity contribution in [2.24, 2.45) is 0 Å². The van der Waals surface area contributed by atoms with Gasteiger partial charge in [-0.3, -0.25) is 0 Å². The highest BCUT2D eigenvalue weighted by molar-refractivity contribution is 9.10. The molecule has 0 saturated carbocycles. The summed E-state index contributed by atoms with van der Waals surface area (Å²) in [6, 6.07) is 21.0. The first kappa shape index (κ1) is 15.1. The first-order valence-corrected chi connectivity index (χ1v) is 8.79. The maximum Gasteiger partial charge on any atom is 0.0436 e. The van der Waals surface area contributed by atoms with Crippen molar-refractivity contribution in [2.75, 3.05) is 0 Å². The van der Waals surface area contributed by atoms with E-state index in [-0.39, 0.29) is 4.83 Å². The van der Waals surface area contributed by atoms with E-state index in [2.05, 4.69) is 80.4 Å². The molecule has 3 heteroatoms. The van der Waals surface area contributed by atoms with Gasteiger partial charge < -0.3 is 0 Å². The Bertz CT molecular complexity index is 758. The summed E-state index contributed by atoms with van der Waals surface area (Å²) in [6.45, 7) is 0. The van der Waals surface area contributed by atoms with E-state index in [9.17, 15) is 0 Å². The highest BCUT2D eigenvalue weighted by atomic mass is 79.9. The minimum atomic E-state index is 0.235. The number of halogens is 3. The summed E-state index contributed by atoms with van der Waals surface area (Å²) >= 11 is 13.4. The first-order chi connectivity index (χ1) is 10.1. The average Bonchev–Trinajstić information content (AvgIpc) is 2.46. The molecule has 0 spiro atoms. The molecule has 21 heavy (non-hydrogen) atoms. The molecule has 0 aliphatic rings. The van der Waals surface area contributed by atoms with Crippen molar-refractivity contribution < 1.29 is 0 Å². The quantitative estimate of drug-likeness (QED) is 0.400. The molecule has 3 aromatic rings. The van der Waals surface area contributed by atoms with Gasteiger partial charge in [0.25, 0.3) is 0 Å². The number of alkyl halides is 1. The fourth-order valence-corrected chi connectivity index (χ4v) is 4.04. The number of rotatable bonds is 3. The largest absolute Gasteiger partial charge is 0.0843 e. The maximum atomic E-state index is 6.14. The molecule has 0 N–H and O–H groups in total. The first-order valence-electron chi connectivity index (χ1n) is 6.70. The van der Waals surface area contributed by atoms with E-state index < -0.39 is 0 Å². The summed E-state index contributed by atoms with van der Waals surface area (Å²) in [5.41, 5.74) is 2.52. The molecule has 0 nitrogen and oxygen atoms in total. The fourth-order valence-electron chi connectivity index (χ4n) is 2.54. The Balaban J connectivity index is 1.94. The molecule has 106 valence electrons. The Morgan fingerprint density at radius 3 is 2.52 bits per heavy atom. The molecule has 0 amide bonds. The zero-order chi connectivity index (χ0) is 14.8. The van der Waals surface area contributed by atoms with Crippen LogP contribution in [-0.2, 0) is 6.42 Å². The van der Waals surface area contributed by atoms with Crippen LogP contribution in [0.25, 0.3) is 10.8 Å². The molecule has 0 fully saturated rings. The molecule has 0 heterocycles. The van der Waals surface area contributed by atoms with Gasteiger partial charge >= 0.3 is 0 Å². The molecule has 1 unspecified atom stereocenters. The Morgan fingerprint density at radius 2 is 1.71 bits per heavy atom. The van der Waals surface area contributed by atoms with E-state index >= 15 is 0 Å². The SMILES string of the molecule is Clc1cc(Br)cc(C(Br)Cc2cccc3ccccc23)c1. The Morgan fingerprint density at radius 1 is 0.952 bits per heavy atom.